The molecule has 0 aliphatic carbocycles. The summed E-state index contributed by atoms with van der Waals surface area (Å²) < 4.78 is 5.30. The third-order valence-electron chi connectivity index (χ3n) is 3.96. The molecular formula is C15H14ClN3O2S. The quantitative estimate of drug-likeness (QED) is 0.870. The lowest BCUT2D eigenvalue weighted by Gasteiger charge is -2.27. The highest BCUT2D eigenvalue weighted by Gasteiger charge is 2.29. The van der Waals surface area contributed by atoms with Gasteiger partial charge in [-0.05, 0) is 6.07 Å². The van der Waals surface area contributed by atoms with Crippen LogP contribution in [0.5, 0.6) is 0 Å². The van der Waals surface area contributed by atoms with Crippen LogP contribution in [-0.2, 0) is 10.5 Å². The van der Waals surface area contributed by atoms with Crippen molar-refractivity contribution in [2.45, 2.75) is 10.6 Å². The molecule has 5 nitrogen and oxygen atoms in total. The first-order chi connectivity index (χ1) is 10.8. The zero-order valence-electron chi connectivity index (χ0n) is 11.8. The van der Waals surface area contributed by atoms with Gasteiger partial charge in [-0.15, -0.1) is 11.8 Å². The van der Waals surface area contributed by atoms with Crippen LogP contribution in [0.1, 0.15) is 16.1 Å². The number of H-pyrrole nitrogens is 1. The molecule has 0 unspecified atom stereocenters. The number of hydrogen-bond acceptors (Lipinski definition) is 4. The molecule has 0 spiro atoms. The van der Waals surface area contributed by atoms with Crippen molar-refractivity contribution in [3.8, 4) is 11.3 Å². The van der Waals surface area contributed by atoms with Crippen molar-refractivity contribution in [3.63, 3.8) is 0 Å². The monoisotopic (exact) mass is 335 g/mol. The number of aromatic amines is 1. The maximum atomic E-state index is 12.7. The Morgan fingerprint density at radius 3 is 3.00 bits per heavy atom. The molecule has 1 amide bonds. The molecule has 1 aromatic heterocycles. The van der Waals surface area contributed by atoms with Gasteiger partial charge in [-0.1, -0.05) is 23.7 Å². The number of carbonyl (C=O) groups is 1. The van der Waals surface area contributed by atoms with Gasteiger partial charge in [0.2, 0.25) is 0 Å². The predicted molar refractivity (Wildman–Crippen MR) is 85.3 cm³/mol. The molecule has 2 aromatic rings. The number of benzene rings is 1. The van der Waals surface area contributed by atoms with Crippen molar-refractivity contribution in [2.75, 3.05) is 26.3 Å². The zero-order valence-corrected chi connectivity index (χ0v) is 13.3. The first-order valence-corrected chi connectivity index (χ1v) is 8.48. The van der Waals surface area contributed by atoms with E-state index in [1.807, 2.05) is 23.1 Å². The largest absolute Gasteiger partial charge is 0.378 e. The normalized spacial score (nSPS) is 17.0. The first kappa shape index (κ1) is 14.1. The number of morpholine rings is 1. The van der Waals surface area contributed by atoms with Gasteiger partial charge in [0.25, 0.3) is 5.91 Å². The van der Waals surface area contributed by atoms with Gasteiger partial charge in [-0.3, -0.25) is 9.89 Å². The van der Waals surface area contributed by atoms with E-state index in [0.717, 1.165) is 26.7 Å². The molecule has 7 heteroatoms. The average Bonchev–Trinajstić information content (AvgIpc) is 3.00. The molecule has 0 bridgehead atoms. The zero-order chi connectivity index (χ0) is 15.1. The summed E-state index contributed by atoms with van der Waals surface area (Å²) in [4.78, 5) is 15.5. The smallest absolute Gasteiger partial charge is 0.272 e. The number of rotatable bonds is 1. The van der Waals surface area contributed by atoms with Gasteiger partial charge in [0, 0.05) is 34.9 Å². The van der Waals surface area contributed by atoms with Gasteiger partial charge < -0.3 is 9.64 Å². The van der Waals surface area contributed by atoms with Crippen molar-refractivity contribution in [2.24, 2.45) is 0 Å². The molecule has 0 atom stereocenters. The predicted octanol–water partition coefficient (Wildman–Crippen LogP) is 2.81. The summed E-state index contributed by atoms with van der Waals surface area (Å²) in [5.74, 6) is 0.705. The highest BCUT2D eigenvalue weighted by Crippen LogP contribution is 2.44. The Kier molecular flexibility index (Phi) is 3.60. The highest BCUT2D eigenvalue weighted by molar-refractivity contribution is 7.98. The Morgan fingerprint density at radius 2 is 2.18 bits per heavy atom. The minimum Gasteiger partial charge on any atom is -0.378 e. The van der Waals surface area contributed by atoms with Crippen molar-refractivity contribution in [3.05, 3.63) is 34.5 Å². The molecular weight excluding hydrogens is 322 g/mol. The number of amides is 1. The Balaban J connectivity index is 1.72. The molecule has 1 saturated heterocycles. The van der Waals surface area contributed by atoms with E-state index in [9.17, 15) is 4.79 Å². The second-order valence-corrected chi connectivity index (χ2v) is 6.63. The van der Waals surface area contributed by atoms with Crippen LogP contribution in [0.4, 0.5) is 0 Å². The second kappa shape index (κ2) is 5.61. The van der Waals surface area contributed by atoms with E-state index >= 15 is 0 Å². The summed E-state index contributed by atoms with van der Waals surface area (Å²) in [5.41, 5.74) is 3.40. The first-order valence-electron chi connectivity index (χ1n) is 7.11. The molecule has 1 fully saturated rings. The van der Waals surface area contributed by atoms with E-state index in [1.54, 1.807) is 11.8 Å². The van der Waals surface area contributed by atoms with Crippen LogP contribution >= 0.6 is 23.4 Å². The minimum absolute atomic E-state index is 0.00290. The van der Waals surface area contributed by atoms with Gasteiger partial charge in [-0.2, -0.15) is 5.10 Å². The van der Waals surface area contributed by atoms with Gasteiger partial charge in [0.15, 0.2) is 0 Å². The Labute approximate surface area is 137 Å². The standard InChI is InChI=1S/C15H14ClN3O2S/c16-11-3-1-2-9-12-10(8-22-14(9)11)13(18-17-12)15(20)19-4-6-21-7-5-19/h1-3H,4-8H2,(H,17,18). The maximum absolute atomic E-state index is 12.7. The van der Waals surface area contributed by atoms with Crippen LogP contribution in [0.2, 0.25) is 5.02 Å². The lowest BCUT2D eigenvalue weighted by molar-refractivity contribution is 0.0298. The maximum Gasteiger partial charge on any atom is 0.272 e. The average molecular weight is 336 g/mol. The molecule has 0 saturated carbocycles. The molecule has 22 heavy (non-hydrogen) atoms. The van der Waals surface area contributed by atoms with Gasteiger partial charge >= 0.3 is 0 Å². The van der Waals surface area contributed by atoms with Crippen LogP contribution in [0, 0.1) is 0 Å². The number of carbonyl (C=O) groups excluding carboxylic acids is 1. The number of nitrogens with zero attached hydrogens (tertiary/aromatic N) is 2. The fourth-order valence-corrected chi connectivity index (χ4v) is 4.25. The lowest BCUT2D eigenvalue weighted by Crippen LogP contribution is -2.41. The van der Waals surface area contributed by atoms with Gasteiger partial charge in [0.1, 0.15) is 5.69 Å². The second-order valence-electron chi connectivity index (χ2n) is 5.24. The molecule has 2 aliphatic heterocycles. The highest BCUT2D eigenvalue weighted by atomic mass is 35.5. The fourth-order valence-electron chi connectivity index (χ4n) is 2.82. The van der Waals surface area contributed by atoms with Gasteiger partial charge in [0.05, 0.1) is 23.9 Å². The van der Waals surface area contributed by atoms with E-state index in [1.165, 1.54) is 0 Å². The van der Waals surface area contributed by atoms with Crippen LogP contribution < -0.4 is 0 Å². The summed E-state index contributed by atoms with van der Waals surface area (Å²) in [7, 11) is 0. The molecule has 114 valence electrons. The molecule has 1 aromatic carbocycles. The molecule has 0 radical (unpaired) electrons. The topological polar surface area (TPSA) is 58.2 Å². The number of halogens is 1. The van der Waals surface area contributed by atoms with E-state index in [2.05, 4.69) is 10.2 Å². The van der Waals surface area contributed by atoms with E-state index < -0.39 is 0 Å². The van der Waals surface area contributed by atoms with Crippen molar-refractivity contribution < 1.29 is 9.53 Å². The van der Waals surface area contributed by atoms with Crippen LogP contribution in [0.15, 0.2) is 23.1 Å². The molecule has 1 N–H and O–H groups in total. The van der Waals surface area contributed by atoms with Crippen molar-refractivity contribution >= 4 is 29.3 Å². The van der Waals surface area contributed by atoms with Gasteiger partial charge in [-0.25, -0.2) is 0 Å². The number of aromatic nitrogens is 2. The lowest BCUT2D eigenvalue weighted by atomic mass is 10.1. The van der Waals surface area contributed by atoms with Crippen LogP contribution in [-0.4, -0.2) is 47.3 Å². The number of nitrogens with one attached hydrogen (secondary N) is 1. The van der Waals surface area contributed by atoms with Crippen LogP contribution in [0.25, 0.3) is 11.3 Å². The molecule has 4 rings (SSSR count). The Morgan fingerprint density at radius 1 is 1.36 bits per heavy atom. The van der Waals surface area contributed by atoms with E-state index in [4.69, 9.17) is 16.3 Å². The number of ether oxygens (including phenoxy) is 1. The van der Waals surface area contributed by atoms with Crippen molar-refractivity contribution in [1.29, 1.82) is 0 Å². The van der Waals surface area contributed by atoms with E-state index in [0.29, 0.717) is 37.8 Å². The number of fused-ring (bicyclic) bond motifs is 3. The third-order valence-corrected chi connectivity index (χ3v) is 5.55. The van der Waals surface area contributed by atoms with E-state index in [-0.39, 0.29) is 5.91 Å². The number of thioether (sulfide) groups is 1. The fraction of sp³-hybridized carbons (Fsp3) is 0.333. The van der Waals surface area contributed by atoms with Crippen LogP contribution in [0.3, 0.4) is 0 Å². The summed E-state index contributed by atoms with van der Waals surface area (Å²) in [6.45, 7) is 2.44. The Bertz CT molecular complexity index is 740. The Hall–Kier alpha value is -1.50. The summed E-state index contributed by atoms with van der Waals surface area (Å²) >= 11 is 7.91. The third kappa shape index (κ3) is 2.22. The minimum atomic E-state index is 0.00290. The molecule has 2 aliphatic rings. The van der Waals surface area contributed by atoms with Crippen molar-refractivity contribution in [1.82, 2.24) is 15.1 Å². The summed E-state index contributed by atoms with van der Waals surface area (Å²) in [6.07, 6.45) is 0. The summed E-state index contributed by atoms with van der Waals surface area (Å²) in [5, 5.41) is 8.05. The molecule has 3 heterocycles. The SMILES string of the molecule is O=C(c1[nH]nc2c1CSc1c(Cl)cccc1-2)N1CCOCC1. The summed E-state index contributed by atoms with van der Waals surface area (Å²) in [6, 6.07) is 5.79. The number of hydrogen-bond donors (Lipinski definition) is 1.